The van der Waals surface area contributed by atoms with Gasteiger partial charge in [0.15, 0.2) is 0 Å². The molecule has 3 atom stereocenters. The van der Waals surface area contributed by atoms with Crippen molar-refractivity contribution in [2.75, 3.05) is 7.05 Å². The second-order valence-corrected chi connectivity index (χ2v) is 6.73. The lowest BCUT2D eigenvalue weighted by molar-refractivity contribution is -0.145. The van der Waals surface area contributed by atoms with Gasteiger partial charge in [-0.25, -0.2) is 0 Å². The molecule has 4 nitrogen and oxygen atoms in total. The molecule has 0 heterocycles. The summed E-state index contributed by atoms with van der Waals surface area (Å²) < 4.78 is 0. The third-order valence-corrected chi connectivity index (χ3v) is 4.42. The van der Waals surface area contributed by atoms with Gasteiger partial charge in [-0.05, 0) is 66.8 Å². The third kappa shape index (κ3) is 4.46. The Bertz CT molecular complexity index is 315. The molecule has 1 aliphatic carbocycles. The van der Waals surface area contributed by atoms with E-state index in [-0.39, 0.29) is 12.1 Å². The Morgan fingerprint density at radius 1 is 1.37 bits per heavy atom. The monoisotopic (exact) mass is 270 g/mol. The molecule has 0 aliphatic heterocycles. The van der Waals surface area contributed by atoms with Crippen molar-refractivity contribution in [3.05, 3.63) is 0 Å². The maximum atomic E-state index is 11.5. The number of carboxylic acid groups (broad SMARTS) is 1. The van der Waals surface area contributed by atoms with Crippen LogP contribution in [-0.2, 0) is 4.79 Å². The topological polar surface area (TPSA) is 52.6 Å². The van der Waals surface area contributed by atoms with Crippen molar-refractivity contribution >= 4 is 5.97 Å². The van der Waals surface area contributed by atoms with Crippen LogP contribution in [0.5, 0.6) is 0 Å². The van der Waals surface area contributed by atoms with Crippen molar-refractivity contribution in [2.24, 2.45) is 5.92 Å². The van der Waals surface area contributed by atoms with Gasteiger partial charge in [-0.3, -0.25) is 10.1 Å². The van der Waals surface area contributed by atoms with E-state index in [9.17, 15) is 9.90 Å². The standard InChI is InChI=1S/C15H30N2O2/c1-10(2)16-15(5,14(18)19)9-11(3)17(6)12(4)13-7-8-13/h10-13,16H,7-9H2,1-6H3,(H,18,19). The Kier molecular flexibility index (Phi) is 5.39. The van der Waals surface area contributed by atoms with E-state index in [0.29, 0.717) is 12.5 Å². The summed E-state index contributed by atoms with van der Waals surface area (Å²) in [5.74, 6) is 0.0436. The molecule has 4 heteroatoms. The van der Waals surface area contributed by atoms with Crippen molar-refractivity contribution in [3.63, 3.8) is 0 Å². The van der Waals surface area contributed by atoms with Crippen LogP contribution in [-0.4, -0.2) is 46.7 Å². The minimum atomic E-state index is -0.856. The van der Waals surface area contributed by atoms with Gasteiger partial charge in [-0.2, -0.15) is 0 Å². The van der Waals surface area contributed by atoms with Crippen molar-refractivity contribution in [2.45, 2.75) is 77.5 Å². The van der Waals surface area contributed by atoms with Crippen LogP contribution in [0.1, 0.15) is 53.9 Å². The van der Waals surface area contributed by atoms with Crippen LogP contribution in [0, 0.1) is 5.92 Å². The van der Waals surface area contributed by atoms with Crippen LogP contribution in [0.4, 0.5) is 0 Å². The Balaban J connectivity index is 2.64. The number of nitrogens with one attached hydrogen (secondary N) is 1. The predicted octanol–water partition coefficient (Wildman–Crippen LogP) is 2.34. The zero-order valence-electron chi connectivity index (χ0n) is 13.2. The van der Waals surface area contributed by atoms with Gasteiger partial charge in [0.2, 0.25) is 0 Å². The highest BCUT2D eigenvalue weighted by Gasteiger charge is 2.38. The van der Waals surface area contributed by atoms with Gasteiger partial charge in [0.05, 0.1) is 0 Å². The first-order valence-electron chi connectivity index (χ1n) is 7.40. The van der Waals surface area contributed by atoms with Crippen LogP contribution < -0.4 is 5.32 Å². The Labute approximate surface area is 117 Å². The second kappa shape index (κ2) is 6.23. The van der Waals surface area contributed by atoms with E-state index in [1.54, 1.807) is 6.92 Å². The maximum absolute atomic E-state index is 11.5. The van der Waals surface area contributed by atoms with Crippen molar-refractivity contribution in [3.8, 4) is 0 Å². The van der Waals surface area contributed by atoms with Gasteiger partial charge in [0.25, 0.3) is 0 Å². The van der Waals surface area contributed by atoms with Crippen molar-refractivity contribution < 1.29 is 9.90 Å². The predicted molar refractivity (Wildman–Crippen MR) is 78.3 cm³/mol. The summed E-state index contributed by atoms with van der Waals surface area (Å²) >= 11 is 0. The summed E-state index contributed by atoms with van der Waals surface area (Å²) in [6.45, 7) is 10.1. The zero-order chi connectivity index (χ0) is 14.8. The molecule has 0 aromatic rings. The molecule has 19 heavy (non-hydrogen) atoms. The Hall–Kier alpha value is -0.610. The maximum Gasteiger partial charge on any atom is 0.323 e. The molecule has 1 saturated carbocycles. The molecule has 1 fully saturated rings. The van der Waals surface area contributed by atoms with Gasteiger partial charge in [-0.15, -0.1) is 0 Å². The fourth-order valence-electron chi connectivity index (χ4n) is 2.89. The fraction of sp³-hybridized carbons (Fsp3) is 0.933. The van der Waals surface area contributed by atoms with E-state index in [0.717, 1.165) is 5.92 Å². The summed E-state index contributed by atoms with van der Waals surface area (Å²) in [5.41, 5.74) is -0.856. The highest BCUT2D eigenvalue weighted by molar-refractivity contribution is 5.78. The van der Waals surface area contributed by atoms with Crippen LogP contribution in [0.3, 0.4) is 0 Å². The average molecular weight is 270 g/mol. The van der Waals surface area contributed by atoms with E-state index in [2.05, 4.69) is 31.1 Å². The van der Waals surface area contributed by atoms with E-state index in [1.165, 1.54) is 12.8 Å². The first kappa shape index (κ1) is 16.4. The Morgan fingerprint density at radius 3 is 2.26 bits per heavy atom. The smallest absolute Gasteiger partial charge is 0.323 e. The molecule has 0 radical (unpaired) electrons. The molecule has 1 aliphatic rings. The minimum Gasteiger partial charge on any atom is -0.480 e. The van der Waals surface area contributed by atoms with Gasteiger partial charge in [0, 0.05) is 18.1 Å². The number of carbonyl (C=O) groups is 1. The summed E-state index contributed by atoms with van der Waals surface area (Å²) in [6.07, 6.45) is 3.26. The highest BCUT2D eigenvalue weighted by Crippen LogP contribution is 2.35. The van der Waals surface area contributed by atoms with E-state index >= 15 is 0 Å². The molecule has 0 amide bonds. The molecular weight excluding hydrogens is 240 g/mol. The number of hydrogen-bond donors (Lipinski definition) is 2. The molecule has 2 N–H and O–H groups in total. The molecule has 112 valence electrons. The molecule has 3 unspecified atom stereocenters. The summed E-state index contributed by atoms with van der Waals surface area (Å²) in [4.78, 5) is 13.9. The lowest BCUT2D eigenvalue weighted by Gasteiger charge is -2.37. The van der Waals surface area contributed by atoms with Gasteiger partial charge < -0.3 is 10.0 Å². The molecule has 0 bridgehead atoms. The molecule has 0 aromatic carbocycles. The van der Waals surface area contributed by atoms with Crippen LogP contribution >= 0.6 is 0 Å². The zero-order valence-corrected chi connectivity index (χ0v) is 13.2. The second-order valence-electron chi connectivity index (χ2n) is 6.73. The molecule has 0 aromatic heterocycles. The molecule has 0 spiro atoms. The highest BCUT2D eigenvalue weighted by atomic mass is 16.4. The number of rotatable bonds is 8. The lowest BCUT2D eigenvalue weighted by Crippen LogP contribution is -2.56. The van der Waals surface area contributed by atoms with Crippen LogP contribution in [0.2, 0.25) is 0 Å². The van der Waals surface area contributed by atoms with E-state index in [1.807, 2.05) is 13.8 Å². The number of nitrogens with zero attached hydrogens (tertiary/aromatic N) is 1. The first-order chi connectivity index (χ1) is 8.67. The minimum absolute atomic E-state index is 0.166. The van der Waals surface area contributed by atoms with Gasteiger partial charge in [-0.1, -0.05) is 0 Å². The fourth-order valence-corrected chi connectivity index (χ4v) is 2.89. The lowest BCUT2D eigenvalue weighted by atomic mass is 9.91. The first-order valence-corrected chi connectivity index (χ1v) is 7.40. The molecular formula is C15H30N2O2. The van der Waals surface area contributed by atoms with E-state index < -0.39 is 11.5 Å². The number of carboxylic acids is 1. The third-order valence-electron chi connectivity index (χ3n) is 4.42. The largest absolute Gasteiger partial charge is 0.480 e. The summed E-state index contributed by atoms with van der Waals surface area (Å²) in [7, 11) is 2.12. The quantitative estimate of drug-likeness (QED) is 0.711. The van der Waals surface area contributed by atoms with Crippen LogP contribution in [0.25, 0.3) is 0 Å². The summed E-state index contributed by atoms with van der Waals surface area (Å²) in [5, 5.41) is 12.7. The summed E-state index contributed by atoms with van der Waals surface area (Å²) in [6, 6.07) is 0.967. The Morgan fingerprint density at radius 2 is 1.89 bits per heavy atom. The normalized spacial score (nSPS) is 22.3. The van der Waals surface area contributed by atoms with Crippen molar-refractivity contribution in [1.82, 2.24) is 10.2 Å². The number of hydrogen-bond acceptors (Lipinski definition) is 3. The SMILES string of the molecule is CC(C)NC(C)(CC(C)N(C)C(C)C1CC1)C(=O)O. The van der Waals surface area contributed by atoms with Crippen LogP contribution in [0.15, 0.2) is 0 Å². The van der Waals surface area contributed by atoms with Gasteiger partial charge in [0.1, 0.15) is 5.54 Å². The van der Waals surface area contributed by atoms with E-state index in [4.69, 9.17) is 0 Å². The number of aliphatic carboxylic acids is 1. The molecule has 0 saturated heterocycles. The molecule has 1 rings (SSSR count). The average Bonchev–Trinajstić information content (AvgIpc) is 3.09. The van der Waals surface area contributed by atoms with Crippen molar-refractivity contribution in [1.29, 1.82) is 0 Å². The van der Waals surface area contributed by atoms with Gasteiger partial charge >= 0.3 is 5.97 Å².